The van der Waals surface area contributed by atoms with Gasteiger partial charge in [-0.15, -0.1) is 0 Å². The summed E-state index contributed by atoms with van der Waals surface area (Å²) in [5, 5.41) is 0. The van der Waals surface area contributed by atoms with Gasteiger partial charge in [0.05, 0.1) is 5.76 Å². The molecule has 0 saturated carbocycles. The predicted octanol–water partition coefficient (Wildman–Crippen LogP) is 10.4. The number of rotatable bonds is 13. The van der Waals surface area contributed by atoms with E-state index in [0.717, 1.165) is 12.8 Å². The molecule has 0 N–H and O–H groups in total. The molecule has 0 amide bonds. The Morgan fingerprint density at radius 2 is 1.53 bits per heavy atom. The first-order valence-corrected chi connectivity index (χ1v) is 17.1. The summed E-state index contributed by atoms with van der Waals surface area (Å²) < 4.78 is 7.15. The summed E-state index contributed by atoms with van der Waals surface area (Å²) >= 11 is 0. The number of hydrogen-bond donors (Lipinski definition) is 0. The van der Waals surface area contributed by atoms with Gasteiger partial charge < -0.3 is 4.43 Å². The summed E-state index contributed by atoms with van der Waals surface area (Å²) in [6.07, 6.45) is 16.0. The summed E-state index contributed by atoms with van der Waals surface area (Å²) in [6.45, 7) is 9.34. The third-order valence-corrected chi connectivity index (χ3v) is 13.4. The van der Waals surface area contributed by atoms with E-state index in [4.69, 9.17) is 4.43 Å². The summed E-state index contributed by atoms with van der Waals surface area (Å²) in [7, 11) is -1.73. The van der Waals surface area contributed by atoms with Gasteiger partial charge in [-0.1, -0.05) is 125 Å². The average Bonchev–Trinajstić information content (AvgIpc) is 3.43. The average molecular weight is 499 g/mol. The molecule has 0 saturated heterocycles. The molecule has 0 bridgehead atoms. The zero-order valence-electron chi connectivity index (χ0n) is 23.1. The largest absolute Gasteiger partial charge is 0.546 e. The van der Waals surface area contributed by atoms with Crippen molar-refractivity contribution in [3.63, 3.8) is 0 Å². The molecule has 192 valence electrons. The second-order valence-corrected chi connectivity index (χ2v) is 15.5. The number of hydrogen-bond acceptors (Lipinski definition) is 1. The Morgan fingerprint density at radius 3 is 2.17 bits per heavy atom. The van der Waals surface area contributed by atoms with Gasteiger partial charge in [-0.05, 0) is 66.6 Å². The lowest BCUT2D eigenvalue weighted by molar-refractivity contribution is 0.292. The topological polar surface area (TPSA) is 9.23 Å². The highest BCUT2D eigenvalue weighted by Crippen LogP contribution is 2.62. The van der Waals surface area contributed by atoms with E-state index < -0.39 is 8.32 Å². The third-order valence-electron chi connectivity index (χ3n) is 8.91. The smallest absolute Gasteiger partial charge is 0.250 e. The molecule has 2 heteroatoms. The molecule has 36 heavy (non-hydrogen) atoms. The van der Waals surface area contributed by atoms with Gasteiger partial charge >= 0.3 is 0 Å². The zero-order chi connectivity index (χ0) is 25.4. The summed E-state index contributed by atoms with van der Waals surface area (Å²) in [6, 6.07) is 25.6. The van der Waals surface area contributed by atoms with Crippen molar-refractivity contribution in [3.8, 4) is 0 Å². The van der Waals surface area contributed by atoms with Crippen LogP contribution in [0.15, 0.2) is 84.1 Å². The molecule has 1 nitrogen and oxygen atoms in total. The first-order chi connectivity index (χ1) is 17.6. The quantitative estimate of drug-likeness (QED) is 0.197. The Morgan fingerprint density at radius 1 is 0.861 bits per heavy atom. The SMILES string of the molecule is CCCCCCC1=C(c2ccccc2)C2(C=Cc3ccccc3)CC=C(O[Si](CC)(CC)CC)C2C1. The predicted molar refractivity (Wildman–Crippen MR) is 159 cm³/mol. The van der Waals surface area contributed by atoms with Gasteiger partial charge in [0.15, 0.2) is 0 Å². The Bertz CT molecular complexity index is 1050. The fourth-order valence-corrected chi connectivity index (χ4v) is 9.18. The van der Waals surface area contributed by atoms with E-state index in [1.807, 2.05) is 0 Å². The molecular formula is C34H46OSi. The molecule has 0 aromatic heterocycles. The molecule has 2 aliphatic carbocycles. The van der Waals surface area contributed by atoms with Crippen LogP contribution in [0, 0.1) is 11.3 Å². The highest BCUT2D eigenvalue weighted by atomic mass is 28.4. The van der Waals surface area contributed by atoms with Gasteiger partial charge in [0.1, 0.15) is 0 Å². The van der Waals surface area contributed by atoms with Gasteiger partial charge in [-0.3, -0.25) is 0 Å². The van der Waals surface area contributed by atoms with E-state index in [9.17, 15) is 0 Å². The molecule has 2 aromatic rings. The van der Waals surface area contributed by atoms with Crippen molar-refractivity contribution in [2.24, 2.45) is 11.3 Å². The van der Waals surface area contributed by atoms with Crippen molar-refractivity contribution >= 4 is 20.0 Å². The van der Waals surface area contributed by atoms with Gasteiger partial charge in [0.2, 0.25) is 8.32 Å². The number of allylic oxidation sites excluding steroid dienone is 5. The molecule has 2 aliphatic rings. The Hall–Kier alpha value is -2.32. The van der Waals surface area contributed by atoms with Gasteiger partial charge in [-0.2, -0.15) is 0 Å². The van der Waals surface area contributed by atoms with Crippen LogP contribution < -0.4 is 0 Å². The Balaban J connectivity index is 1.76. The first-order valence-electron chi connectivity index (χ1n) is 14.5. The number of benzene rings is 2. The highest BCUT2D eigenvalue weighted by molar-refractivity contribution is 6.73. The fraction of sp³-hybridized carbons (Fsp3) is 0.471. The minimum atomic E-state index is -1.73. The maximum absolute atomic E-state index is 7.15. The van der Waals surface area contributed by atoms with Crippen molar-refractivity contribution in [2.75, 3.05) is 0 Å². The van der Waals surface area contributed by atoms with Crippen LogP contribution in [0.5, 0.6) is 0 Å². The van der Waals surface area contributed by atoms with Crippen LogP contribution in [0.1, 0.15) is 83.8 Å². The van der Waals surface area contributed by atoms with Gasteiger partial charge in [0, 0.05) is 11.3 Å². The van der Waals surface area contributed by atoms with Crippen molar-refractivity contribution < 1.29 is 4.43 Å². The summed E-state index contributed by atoms with van der Waals surface area (Å²) in [5.41, 5.74) is 5.93. The molecule has 0 radical (unpaired) electrons. The van der Waals surface area contributed by atoms with E-state index in [1.165, 1.54) is 67.1 Å². The van der Waals surface area contributed by atoms with E-state index in [-0.39, 0.29) is 5.41 Å². The van der Waals surface area contributed by atoms with Crippen molar-refractivity contribution in [2.45, 2.75) is 90.8 Å². The van der Waals surface area contributed by atoms with Crippen LogP contribution in [0.2, 0.25) is 18.1 Å². The van der Waals surface area contributed by atoms with Gasteiger partial charge in [0.25, 0.3) is 0 Å². The van der Waals surface area contributed by atoms with Crippen LogP contribution in [0.25, 0.3) is 11.6 Å². The Kier molecular flexibility index (Phi) is 9.12. The first kappa shape index (κ1) is 26.7. The van der Waals surface area contributed by atoms with E-state index >= 15 is 0 Å². The summed E-state index contributed by atoms with van der Waals surface area (Å²) in [5.74, 6) is 1.73. The molecule has 0 spiro atoms. The van der Waals surface area contributed by atoms with E-state index in [2.05, 4.69) is 107 Å². The minimum Gasteiger partial charge on any atom is -0.546 e. The standard InChI is InChI=1S/C34H46OSi/c1-5-9-10-15-22-30-27-31-32(35-36(6-2,7-3)8-4)24-26-34(31,25-23-28-18-13-11-14-19-28)33(30)29-20-16-12-17-21-29/h11-14,16-21,23-25,31H,5-10,15,22,26-27H2,1-4H3. The molecule has 2 atom stereocenters. The number of fused-ring (bicyclic) bond motifs is 1. The number of unbranched alkanes of at least 4 members (excludes halogenated alkanes) is 3. The second-order valence-electron chi connectivity index (χ2n) is 10.9. The van der Waals surface area contributed by atoms with Crippen LogP contribution in [0.4, 0.5) is 0 Å². The fourth-order valence-electron chi connectivity index (χ4n) is 6.52. The molecule has 4 rings (SSSR count). The highest BCUT2D eigenvalue weighted by Gasteiger charge is 2.52. The van der Waals surface area contributed by atoms with Crippen molar-refractivity contribution in [1.82, 2.24) is 0 Å². The summed E-state index contributed by atoms with van der Waals surface area (Å²) in [4.78, 5) is 0. The van der Waals surface area contributed by atoms with Crippen molar-refractivity contribution in [1.29, 1.82) is 0 Å². The molecule has 0 heterocycles. The van der Waals surface area contributed by atoms with Gasteiger partial charge in [-0.25, -0.2) is 0 Å². The lowest BCUT2D eigenvalue weighted by Gasteiger charge is -2.36. The normalized spacial score (nSPS) is 21.8. The minimum absolute atomic E-state index is 0.0119. The van der Waals surface area contributed by atoms with Crippen LogP contribution >= 0.6 is 0 Å². The maximum atomic E-state index is 7.15. The Labute approximate surface area is 221 Å². The zero-order valence-corrected chi connectivity index (χ0v) is 24.1. The lowest BCUT2D eigenvalue weighted by Crippen LogP contribution is -2.37. The maximum Gasteiger partial charge on any atom is 0.250 e. The second kappa shape index (κ2) is 12.3. The van der Waals surface area contributed by atoms with Crippen LogP contribution in [-0.4, -0.2) is 8.32 Å². The molecular weight excluding hydrogens is 452 g/mol. The van der Waals surface area contributed by atoms with Crippen LogP contribution in [0.3, 0.4) is 0 Å². The molecule has 0 aliphatic heterocycles. The van der Waals surface area contributed by atoms with E-state index in [1.54, 1.807) is 11.1 Å². The lowest BCUT2D eigenvalue weighted by atomic mass is 9.72. The van der Waals surface area contributed by atoms with E-state index in [0.29, 0.717) is 5.92 Å². The van der Waals surface area contributed by atoms with Crippen LogP contribution in [-0.2, 0) is 4.43 Å². The molecule has 2 aromatic carbocycles. The molecule has 2 unspecified atom stereocenters. The third kappa shape index (κ3) is 5.49. The monoisotopic (exact) mass is 498 g/mol. The van der Waals surface area contributed by atoms with Crippen molar-refractivity contribution in [3.05, 3.63) is 95.3 Å². The molecule has 0 fully saturated rings.